The number of hydrogen-bond acceptors (Lipinski definition) is 4. The maximum absolute atomic E-state index is 12.7. The number of nitrogens with zero attached hydrogens (tertiary/aromatic N) is 1. The molecule has 0 saturated heterocycles. The number of benzene rings is 2. The zero-order valence-corrected chi connectivity index (χ0v) is 16.3. The highest BCUT2D eigenvalue weighted by Crippen LogP contribution is 2.31. The third-order valence-corrected chi connectivity index (χ3v) is 4.60. The van der Waals surface area contributed by atoms with E-state index in [1.54, 1.807) is 30.3 Å². The molecule has 2 aromatic carbocycles. The average molecular weight is 380 g/mol. The van der Waals surface area contributed by atoms with Crippen LogP contribution in [0.25, 0.3) is 0 Å². The molecule has 146 valence electrons. The fraction of sp³-hybridized carbons (Fsp3) is 0.318. The number of aryl methyl sites for hydroxylation is 1. The molecule has 1 heterocycles. The van der Waals surface area contributed by atoms with Gasteiger partial charge in [-0.3, -0.25) is 14.4 Å². The molecule has 0 aromatic heterocycles. The lowest BCUT2D eigenvalue weighted by Crippen LogP contribution is -2.38. The second-order valence-electron chi connectivity index (χ2n) is 7.14. The molecule has 6 heteroatoms. The van der Waals surface area contributed by atoms with Gasteiger partial charge in [0.05, 0.1) is 5.56 Å². The number of anilines is 2. The molecule has 28 heavy (non-hydrogen) atoms. The molecular weight excluding hydrogens is 356 g/mol. The summed E-state index contributed by atoms with van der Waals surface area (Å²) in [6.45, 7) is 5.80. The summed E-state index contributed by atoms with van der Waals surface area (Å²) in [5.41, 5.74) is 2.86. The van der Waals surface area contributed by atoms with E-state index in [0.717, 1.165) is 24.1 Å². The van der Waals surface area contributed by atoms with Gasteiger partial charge >= 0.3 is 5.97 Å². The molecule has 3 rings (SSSR count). The lowest BCUT2D eigenvalue weighted by molar-refractivity contribution is -0.131. The van der Waals surface area contributed by atoms with Crippen LogP contribution in [0.1, 0.15) is 43.1 Å². The van der Waals surface area contributed by atoms with E-state index in [-0.39, 0.29) is 29.0 Å². The zero-order valence-electron chi connectivity index (χ0n) is 16.3. The number of amides is 2. The molecule has 6 nitrogen and oxygen atoms in total. The predicted molar refractivity (Wildman–Crippen MR) is 108 cm³/mol. The second kappa shape index (κ2) is 8.25. The third kappa shape index (κ3) is 4.22. The van der Waals surface area contributed by atoms with Crippen molar-refractivity contribution in [3.8, 4) is 5.75 Å². The van der Waals surface area contributed by atoms with Crippen molar-refractivity contribution in [2.45, 2.75) is 33.6 Å². The Morgan fingerprint density at radius 2 is 1.86 bits per heavy atom. The van der Waals surface area contributed by atoms with E-state index < -0.39 is 5.97 Å². The van der Waals surface area contributed by atoms with Crippen molar-refractivity contribution in [2.24, 2.45) is 5.92 Å². The Bertz CT molecular complexity index is 921. The predicted octanol–water partition coefficient (Wildman–Crippen LogP) is 3.80. The molecule has 0 bridgehead atoms. The summed E-state index contributed by atoms with van der Waals surface area (Å²) in [6, 6.07) is 12.2. The van der Waals surface area contributed by atoms with Gasteiger partial charge in [-0.25, -0.2) is 0 Å². The molecule has 0 unspecified atom stereocenters. The van der Waals surface area contributed by atoms with Crippen LogP contribution >= 0.6 is 0 Å². The van der Waals surface area contributed by atoms with E-state index in [9.17, 15) is 14.4 Å². The van der Waals surface area contributed by atoms with Crippen LogP contribution < -0.4 is 15.0 Å². The molecule has 1 N–H and O–H groups in total. The van der Waals surface area contributed by atoms with Gasteiger partial charge in [-0.2, -0.15) is 0 Å². The van der Waals surface area contributed by atoms with Crippen molar-refractivity contribution in [3.05, 3.63) is 53.6 Å². The molecule has 0 aliphatic carbocycles. The minimum atomic E-state index is -0.482. The Morgan fingerprint density at radius 3 is 2.57 bits per heavy atom. The monoisotopic (exact) mass is 380 g/mol. The topological polar surface area (TPSA) is 75.7 Å². The van der Waals surface area contributed by atoms with Crippen LogP contribution in [-0.4, -0.2) is 24.3 Å². The number of carbonyl (C=O) groups excluding carboxylic acids is 3. The maximum atomic E-state index is 12.7. The summed E-state index contributed by atoms with van der Waals surface area (Å²) in [7, 11) is 0. The number of rotatable bonds is 4. The third-order valence-electron chi connectivity index (χ3n) is 4.60. The molecule has 0 radical (unpaired) electrons. The summed E-state index contributed by atoms with van der Waals surface area (Å²) < 4.78 is 5.11. The van der Waals surface area contributed by atoms with E-state index in [1.807, 2.05) is 30.9 Å². The number of carbonyl (C=O) groups is 3. The van der Waals surface area contributed by atoms with Gasteiger partial charge in [-0.1, -0.05) is 26.0 Å². The number of nitrogens with one attached hydrogen (secondary N) is 1. The van der Waals surface area contributed by atoms with Crippen LogP contribution in [0.3, 0.4) is 0 Å². The molecule has 0 atom stereocenters. The zero-order chi connectivity index (χ0) is 20.3. The number of para-hydroxylation sites is 1. The lowest BCUT2D eigenvalue weighted by Gasteiger charge is -2.31. The number of ether oxygens (including phenoxy) is 1. The van der Waals surface area contributed by atoms with E-state index in [1.165, 1.54) is 6.92 Å². The Morgan fingerprint density at radius 1 is 1.11 bits per heavy atom. The summed E-state index contributed by atoms with van der Waals surface area (Å²) in [5.74, 6) is -0.581. The summed E-state index contributed by atoms with van der Waals surface area (Å²) in [6.07, 6.45) is 1.74. The van der Waals surface area contributed by atoms with Crippen LogP contribution in [-0.2, 0) is 16.0 Å². The summed E-state index contributed by atoms with van der Waals surface area (Å²) in [4.78, 5) is 38.2. The van der Waals surface area contributed by atoms with E-state index in [2.05, 4.69) is 5.32 Å². The van der Waals surface area contributed by atoms with Gasteiger partial charge in [0, 0.05) is 30.8 Å². The minimum absolute atomic E-state index is 0.0666. The summed E-state index contributed by atoms with van der Waals surface area (Å²) in [5, 5.41) is 2.86. The largest absolute Gasteiger partial charge is 0.426 e. The van der Waals surface area contributed by atoms with Gasteiger partial charge < -0.3 is 15.0 Å². The average Bonchev–Trinajstić information content (AvgIpc) is 2.66. The van der Waals surface area contributed by atoms with Crippen molar-refractivity contribution in [2.75, 3.05) is 16.8 Å². The Kier molecular flexibility index (Phi) is 5.78. The fourth-order valence-electron chi connectivity index (χ4n) is 3.31. The van der Waals surface area contributed by atoms with Crippen LogP contribution in [0, 0.1) is 5.92 Å². The molecule has 1 aliphatic rings. The van der Waals surface area contributed by atoms with Gasteiger partial charge in [0.15, 0.2) is 0 Å². The smallest absolute Gasteiger partial charge is 0.308 e. The normalized spacial score (nSPS) is 13.1. The fourth-order valence-corrected chi connectivity index (χ4v) is 3.31. The van der Waals surface area contributed by atoms with Crippen molar-refractivity contribution < 1.29 is 19.1 Å². The van der Waals surface area contributed by atoms with Gasteiger partial charge in [0.1, 0.15) is 5.75 Å². The number of hydrogen-bond donors (Lipinski definition) is 1. The molecule has 0 fully saturated rings. The van der Waals surface area contributed by atoms with Gasteiger partial charge in [-0.05, 0) is 48.7 Å². The Hall–Kier alpha value is -3.15. The Balaban J connectivity index is 1.82. The van der Waals surface area contributed by atoms with Crippen LogP contribution in [0.15, 0.2) is 42.5 Å². The first kappa shape index (κ1) is 19.6. The van der Waals surface area contributed by atoms with Crippen molar-refractivity contribution in [3.63, 3.8) is 0 Å². The number of esters is 1. The molecule has 2 aromatic rings. The molecule has 0 spiro atoms. The van der Waals surface area contributed by atoms with E-state index in [0.29, 0.717) is 12.2 Å². The highest BCUT2D eigenvalue weighted by Gasteiger charge is 2.24. The van der Waals surface area contributed by atoms with E-state index >= 15 is 0 Å². The van der Waals surface area contributed by atoms with Crippen molar-refractivity contribution in [1.82, 2.24) is 0 Å². The molecular formula is C22H24N2O4. The van der Waals surface area contributed by atoms with Gasteiger partial charge in [0.25, 0.3) is 5.91 Å². The highest BCUT2D eigenvalue weighted by atomic mass is 16.5. The maximum Gasteiger partial charge on any atom is 0.308 e. The Labute approximate surface area is 164 Å². The van der Waals surface area contributed by atoms with Gasteiger partial charge in [0.2, 0.25) is 5.91 Å². The lowest BCUT2D eigenvalue weighted by atomic mass is 9.99. The summed E-state index contributed by atoms with van der Waals surface area (Å²) >= 11 is 0. The van der Waals surface area contributed by atoms with Gasteiger partial charge in [-0.15, -0.1) is 0 Å². The minimum Gasteiger partial charge on any atom is -0.426 e. The molecule has 0 saturated carbocycles. The van der Waals surface area contributed by atoms with Crippen LogP contribution in [0.4, 0.5) is 11.4 Å². The van der Waals surface area contributed by atoms with Crippen LogP contribution in [0.2, 0.25) is 0 Å². The quantitative estimate of drug-likeness (QED) is 0.647. The first-order valence-electron chi connectivity index (χ1n) is 9.40. The molecule has 2 amide bonds. The van der Waals surface area contributed by atoms with Crippen molar-refractivity contribution >= 4 is 29.2 Å². The second-order valence-corrected chi connectivity index (χ2v) is 7.14. The molecule has 1 aliphatic heterocycles. The first-order valence-corrected chi connectivity index (χ1v) is 9.40. The SMILES string of the molecule is CC(=O)Oc1ccccc1C(=O)Nc1ccc2c(c1)CCCN2C(=O)C(C)C. The first-order chi connectivity index (χ1) is 13.4. The van der Waals surface area contributed by atoms with E-state index in [4.69, 9.17) is 4.74 Å². The highest BCUT2D eigenvalue weighted by molar-refractivity contribution is 6.07. The standard InChI is InChI=1S/C22H24N2O4/c1-14(2)22(27)24-12-6-7-16-13-17(10-11-19(16)24)23-21(26)18-8-4-5-9-20(18)28-15(3)25/h4-5,8-11,13-14H,6-7,12H2,1-3H3,(H,23,26). The van der Waals surface area contributed by atoms with Crippen LogP contribution in [0.5, 0.6) is 5.75 Å². The van der Waals surface area contributed by atoms with Crippen molar-refractivity contribution in [1.29, 1.82) is 0 Å². The number of fused-ring (bicyclic) bond motifs is 1.